The molecule has 0 radical (unpaired) electrons. The molecule has 1 aromatic carbocycles. The van der Waals surface area contributed by atoms with Crippen LogP contribution in [0.25, 0.3) is 0 Å². The molecule has 1 heterocycles. The highest BCUT2D eigenvalue weighted by Gasteiger charge is 2.06. The smallest absolute Gasteiger partial charge is 0.230 e. The van der Waals surface area contributed by atoms with Crippen molar-refractivity contribution in [3.63, 3.8) is 0 Å². The number of para-hydroxylation sites is 1. The fraction of sp³-hybridized carbons (Fsp3) is 0.400. The van der Waals surface area contributed by atoms with Crippen LogP contribution in [0, 0.1) is 0 Å². The maximum atomic E-state index is 11.8. The van der Waals surface area contributed by atoms with Crippen molar-refractivity contribution < 1.29 is 4.79 Å². The lowest BCUT2D eigenvalue weighted by Crippen LogP contribution is -2.29. The van der Waals surface area contributed by atoms with Crippen molar-refractivity contribution in [2.75, 3.05) is 30.8 Å². The van der Waals surface area contributed by atoms with Gasteiger partial charge >= 0.3 is 0 Å². The van der Waals surface area contributed by atoms with Crippen LogP contribution in [0.2, 0.25) is 0 Å². The summed E-state index contributed by atoms with van der Waals surface area (Å²) in [6.07, 6.45) is 2.53. The molecule has 0 saturated heterocycles. The Bertz CT molecular complexity index is 587. The highest BCUT2D eigenvalue weighted by Crippen LogP contribution is 2.12. The van der Waals surface area contributed by atoms with E-state index >= 15 is 0 Å². The van der Waals surface area contributed by atoms with E-state index in [9.17, 15) is 4.79 Å². The van der Waals surface area contributed by atoms with Crippen LogP contribution in [0.5, 0.6) is 0 Å². The molecule has 0 spiro atoms. The Kier molecular flexibility index (Phi) is 6.27. The van der Waals surface area contributed by atoms with Crippen molar-refractivity contribution >= 4 is 23.4 Å². The van der Waals surface area contributed by atoms with Gasteiger partial charge in [0, 0.05) is 32.9 Å². The van der Waals surface area contributed by atoms with Crippen LogP contribution in [-0.2, 0) is 11.8 Å². The van der Waals surface area contributed by atoms with E-state index in [1.54, 1.807) is 10.9 Å². The number of nitrogens with one attached hydrogen (secondary N) is 1. The van der Waals surface area contributed by atoms with Crippen LogP contribution in [-0.4, -0.2) is 46.6 Å². The molecule has 118 valence electrons. The maximum absolute atomic E-state index is 11.8. The predicted octanol–water partition coefficient (Wildman–Crippen LogP) is 1.55. The second-order valence-corrected chi connectivity index (χ2v) is 5.92. The van der Waals surface area contributed by atoms with Gasteiger partial charge in [0.25, 0.3) is 0 Å². The number of carbonyl (C=O) groups is 1. The summed E-state index contributed by atoms with van der Waals surface area (Å²) in [6, 6.07) is 10.2. The summed E-state index contributed by atoms with van der Waals surface area (Å²) in [6.45, 7) is 1.58. The number of hydrogen-bond donors (Lipinski definition) is 1. The molecule has 0 bridgehead atoms. The standard InChI is InChI=1S/C15H21N5OS/c1-19(13-7-4-3-5-8-13)10-6-9-16-14(21)11-22-15-18-17-12-20(15)2/h3-5,7-8,12H,6,9-11H2,1-2H3,(H,16,21). The summed E-state index contributed by atoms with van der Waals surface area (Å²) in [5, 5.41) is 11.4. The summed E-state index contributed by atoms with van der Waals surface area (Å²) in [7, 11) is 3.92. The number of benzene rings is 1. The fourth-order valence-electron chi connectivity index (χ4n) is 1.94. The first-order chi connectivity index (χ1) is 10.7. The molecule has 1 amide bonds. The molecule has 0 unspecified atom stereocenters. The van der Waals surface area contributed by atoms with E-state index in [4.69, 9.17) is 0 Å². The second kappa shape index (κ2) is 8.43. The third-order valence-corrected chi connectivity index (χ3v) is 4.23. The maximum Gasteiger partial charge on any atom is 0.230 e. The molecular formula is C15H21N5OS. The quantitative estimate of drug-likeness (QED) is 0.591. The lowest BCUT2D eigenvalue weighted by atomic mass is 10.3. The third kappa shape index (κ3) is 5.07. The van der Waals surface area contributed by atoms with Crippen molar-refractivity contribution in [3.05, 3.63) is 36.7 Å². The number of hydrogen-bond acceptors (Lipinski definition) is 5. The van der Waals surface area contributed by atoms with Crippen LogP contribution in [0.15, 0.2) is 41.8 Å². The monoisotopic (exact) mass is 319 g/mol. The number of aromatic nitrogens is 3. The van der Waals surface area contributed by atoms with Crippen LogP contribution in [0.3, 0.4) is 0 Å². The molecule has 1 N–H and O–H groups in total. The van der Waals surface area contributed by atoms with Gasteiger partial charge in [-0.15, -0.1) is 10.2 Å². The topological polar surface area (TPSA) is 63.1 Å². The lowest BCUT2D eigenvalue weighted by molar-refractivity contribution is -0.118. The van der Waals surface area contributed by atoms with E-state index < -0.39 is 0 Å². The van der Waals surface area contributed by atoms with Crippen molar-refractivity contribution in [3.8, 4) is 0 Å². The normalized spacial score (nSPS) is 10.5. The van der Waals surface area contributed by atoms with Crippen molar-refractivity contribution in [2.24, 2.45) is 7.05 Å². The first-order valence-corrected chi connectivity index (χ1v) is 8.15. The molecular weight excluding hydrogens is 298 g/mol. The Hall–Kier alpha value is -2.02. The van der Waals surface area contributed by atoms with Crippen molar-refractivity contribution in [1.29, 1.82) is 0 Å². The Balaban J connectivity index is 1.60. The molecule has 1 aromatic heterocycles. The third-order valence-electron chi connectivity index (χ3n) is 3.19. The minimum absolute atomic E-state index is 0.0235. The van der Waals surface area contributed by atoms with Crippen LogP contribution < -0.4 is 10.2 Å². The number of rotatable bonds is 8. The number of anilines is 1. The molecule has 2 aromatic rings. The first kappa shape index (κ1) is 16.4. The Morgan fingerprint density at radius 3 is 2.82 bits per heavy atom. The summed E-state index contributed by atoms with van der Waals surface area (Å²) < 4.78 is 1.80. The van der Waals surface area contributed by atoms with Crippen LogP contribution in [0.4, 0.5) is 5.69 Å². The number of aryl methyl sites for hydroxylation is 1. The molecule has 0 aliphatic rings. The number of carbonyl (C=O) groups excluding carboxylic acids is 1. The molecule has 0 aliphatic heterocycles. The highest BCUT2D eigenvalue weighted by atomic mass is 32.2. The van der Waals surface area contributed by atoms with Gasteiger partial charge in [-0.1, -0.05) is 30.0 Å². The molecule has 6 nitrogen and oxygen atoms in total. The average molecular weight is 319 g/mol. The zero-order chi connectivity index (χ0) is 15.8. The second-order valence-electron chi connectivity index (χ2n) is 4.97. The van der Waals surface area contributed by atoms with Gasteiger partial charge in [0.2, 0.25) is 5.91 Å². The number of nitrogens with zero attached hydrogens (tertiary/aromatic N) is 4. The average Bonchev–Trinajstić information content (AvgIpc) is 2.95. The van der Waals surface area contributed by atoms with Crippen molar-refractivity contribution in [1.82, 2.24) is 20.1 Å². The van der Waals surface area contributed by atoms with E-state index in [-0.39, 0.29) is 5.91 Å². The van der Waals surface area contributed by atoms with Gasteiger partial charge in [0.15, 0.2) is 5.16 Å². The number of amides is 1. The summed E-state index contributed by atoms with van der Waals surface area (Å²) >= 11 is 1.39. The van der Waals surface area contributed by atoms with E-state index in [0.29, 0.717) is 12.3 Å². The SMILES string of the molecule is CN(CCCNC(=O)CSc1nncn1C)c1ccccc1. The van der Waals surface area contributed by atoms with Crippen LogP contribution >= 0.6 is 11.8 Å². The van der Waals surface area contributed by atoms with Gasteiger partial charge in [0.1, 0.15) is 6.33 Å². The minimum atomic E-state index is 0.0235. The molecule has 0 saturated carbocycles. The van der Waals surface area contributed by atoms with Gasteiger partial charge in [-0.25, -0.2) is 0 Å². The summed E-state index contributed by atoms with van der Waals surface area (Å²) in [4.78, 5) is 13.9. The molecule has 0 fully saturated rings. The summed E-state index contributed by atoms with van der Waals surface area (Å²) in [5.74, 6) is 0.386. The van der Waals surface area contributed by atoms with Gasteiger partial charge in [-0.2, -0.15) is 0 Å². The Morgan fingerprint density at radius 1 is 1.36 bits per heavy atom. The summed E-state index contributed by atoms with van der Waals surface area (Å²) in [5.41, 5.74) is 1.19. The Labute approximate surface area is 134 Å². The lowest BCUT2D eigenvalue weighted by Gasteiger charge is -2.19. The molecule has 22 heavy (non-hydrogen) atoms. The molecule has 7 heteroatoms. The van der Waals surface area contributed by atoms with E-state index in [1.165, 1.54) is 17.4 Å². The van der Waals surface area contributed by atoms with Gasteiger partial charge in [0.05, 0.1) is 5.75 Å². The zero-order valence-electron chi connectivity index (χ0n) is 12.9. The molecule has 2 rings (SSSR count). The van der Waals surface area contributed by atoms with Gasteiger partial charge < -0.3 is 14.8 Å². The largest absolute Gasteiger partial charge is 0.375 e. The van der Waals surface area contributed by atoms with Crippen molar-refractivity contribution in [2.45, 2.75) is 11.6 Å². The van der Waals surface area contributed by atoms with E-state index in [1.807, 2.05) is 25.2 Å². The van der Waals surface area contributed by atoms with Gasteiger partial charge in [-0.05, 0) is 18.6 Å². The fourth-order valence-corrected chi connectivity index (χ4v) is 2.66. The van der Waals surface area contributed by atoms with Crippen LogP contribution in [0.1, 0.15) is 6.42 Å². The van der Waals surface area contributed by atoms with E-state index in [2.05, 4.69) is 39.6 Å². The number of thioether (sulfide) groups is 1. The molecule has 0 aliphatic carbocycles. The molecule has 0 atom stereocenters. The minimum Gasteiger partial charge on any atom is -0.375 e. The predicted molar refractivity (Wildman–Crippen MR) is 89.1 cm³/mol. The first-order valence-electron chi connectivity index (χ1n) is 7.16. The highest BCUT2D eigenvalue weighted by molar-refractivity contribution is 7.99. The van der Waals surface area contributed by atoms with Gasteiger partial charge in [-0.3, -0.25) is 4.79 Å². The zero-order valence-corrected chi connectivity index (χ0v) is 13.7. The Morgan fingerprint density at radius 2 is 2.14 bits per heavy atom. The van der Waals surface area contributed by atoms with E-state index in [0.717, 1.165) is 18.1 Å².